The third-order valence-corrected chi connectivity index (χ3v) is 4.60. The van der Waals surface area contributed by atoms with E-state index in [1.54, 1.807) is 7.11 Å². The van der Waals surface area contributed by atoms with Crippen LogP contribution >= 0.6 is 0 Å². The maximum absolute atomic E-state index is 12.0. The second-order valence-corrected chi connectivity index (χ2v) is 6.49. The Bertz CT molecular complexity index is 513. The van der Waals surface area contributed by atoms with Crippen LogP contribution in [0, 0.1) is 0 Å². The number of carbonyl (C=O) groups is 1. The molecule has 1 unspecified atom stereocenters. The van der Waals surface area contributed by atoms with Crippen LogP contribution in [0.1, 0.15) is 50.5 Å². The van der Waals surface area contributed by atoms with Crippen molar-refractivity contribution in [3.05, 3.63) is 29.8 Å². The number of hydrogen-bond donors (Lipinski definition) is 3. The maximum Gasteiger partial charge on any atom is 0.314 e. The number of carbonyl (C=O) groups excluding carboxylic acids is 1. The molecule has 2 amide bonds. The van der Waals surface area contributed by atoms with Crippen molar-refractivity contribution in [3.63, 3.8) is 0 Å². The number of rotatable bonds is 6. The van der Waals surface area contributed by atoms with Crippen molar-refractivity contribution < 1.29 is 14.6 Å². The zero-order valence-corrected chi connectivity index (χ0v) is 14.1. The van der Waals surface area contributed by atoms with Crippen LogP contribution in [-0.4, -0.2) is 36.9 Å². The van der Waals surface area contributed by atoms with Gasteiger partial charge in [-0.25, -0.2) is 4.79 Å². The van der Waals surface area contributed by atoms with E-state index in [9.17, 15) is 9.90 Å². The molecule has 0 heterocycles. The predicted molar refractivity (Wildman–Crippen MR) is 90.8 cm³/mol. The zero-order chi connectivity index (χ0) is 16.7. The third-order valence-electron chi connectivity index (χ3n) is 4.60. The minimum Gasteiger partial charge on any atom is -0.496 e. The maximum atomic E-state index is 12.0. The smallest absolute Gasteiger partial charge is 0.314 e. The molecule has 23 heavy (non-hydrogen) atoms. The van der Waals surface area contributed by atoms with E-state index in [1.807, 2.05) is 31.2 Å². The number of hydrogen-bond acceptors (Lipinski definition) is 3. The highest BCUT2D eigenvalue weighted by molar-refractivity contribution is 5.74. The summed E-state index contributed by atoms with van der Waals surface area (Å²) in [5, 5.41) is 16.1. The number of ether oxygens (including phenoxy) is 1. The minimum absolute atomic E-state index is 0.148. The predicted octanol–water partition coefficient (Wildman–Crippen LogP) is 2.79. The van der Waals surface area contributed by atoms with Gasteiger partial charge in [0, 0.05) is 19.0 Å². The van der Waals surface area contributed by atoms with Gasteiger partial charge >= 0.3 is 6.03 Å². The van der Waals surface area contributed by atoms with Crippen molar-refractivity contribution in [1.29, 1.82) is 0 Å². The normalized spacial score (nSPS) is 18.0. The quantitative estimate of drug-likeness (QED) is 0.755. The van der Waals surface area contributed by atoms with Crippen molar-refractivity contribution in [2.45, 2.75) is 50.5 Å². The van der Waals surface area contributed by atoms with Crippen LogP contribution in [0.3, 0.4) is 0 Å². The lowest BCUT2D eigenvalue weighted by Gasteiger charge is -2.32. The molecular formula is C18H28N2O3. The number of nitrogens with one attached hydrogen (secondary N) is 2. The molecule has 5 heteroatoms. The third kappa shape index (κ3) is 5.13. The Hall–Kier alpha value is -1.75. The highest BCUT2D eigenvalue weighted by atomic mass is 16.5. The molecule has 1 atom stereocenters. The van der Waals surface area contributed by atoms with Crippen molar-refractivity contribution in [2.75, 3.05) is 20.2 Å². The highest BCUT2D eigenvalue weighted by Crippen LogP contribution is 2.27. The van der Waals surface area contributed by atoms with E-state index in [0.29, 0.717) is 13.1 Å². The second-order valence-electron chi connectivity index (χ2n) is 6.49. The first-order valence-electron chi connectivity index (χ1n) is 8.41. The SMILES string of the molecule is COc1ccccc1C(C)CNC(=O)NCC1(O)CCCCC1. The number of urea groups is 1. The van der Waals surface area contributed by atoms with Crippen LogP contribution < -0.4 is 15.4 Å². The second kappa shape index (κ2) is 8.20. The van der Waals surface area contributed by atoms with Gasteiger partial charge in [-0.05, 0) is 24.5 Å². The van der Waals surface area contributed by atoms with E-state index in [0.717, 1.165) is 37.0 Å². The van der Waals surface area contributed by atoms with Crippen LogP contribution in [0.2, 0.25) is 0 Å². The first kappa shape index (κ1) is 17.6. The number of amides is 2. The molecule has 0 bridgehead atoms. The van der Waals surface area contributed by atoms with Gasteiger partial charge in [0.25, 0.3) is 0 Å². The molecule has 0 aromatic heterocycles. The van der Waals surface area contributed by atoms with Gasteiger partial charge in [0.1, 0.15) is 5.75 Å². The van der Waals surface area contributed by atoms with Gasteiger partial charge in [0.05, 0.1) is 12.7 Å². The number of para-hydroxylation sites is 1. The average molecular weight is 320 g/mol. The number of benzene rings is 1. The van der Waals surface area contributed by atoms with Crippen LogP contribution in [0.25, 0.3) is 0 Å². The summed E-state index contributed by atoms with van der Waals surface area (Å²) in [5.74, 6) is 0.980. The van der Waals surface area contributed by atoms with E-state index < -0.39 is 5.60 Å². The zero-order valence-electron chi connectivity index (χ0n) is 14.1. The average Bonchev–Trinajstić information content (AvgIpc) is 2.58. The summed E-state index contributed by atoms with van der Waals surface area (Å²) in [5.41, 5.74) is 0.338. The molecule has 1 fully saturated rings. The summed E-state index contributed by atoms with van der Waals surface area (Å²) in [6.07, 6.45) is 4.77. The fraction of sp³-hybridized carbons (Fsp3) is 0.611. The summed E-state index contributed by atoms with van der Waals surface area (Å²) in [6, 6.07) is 7.59. The van der Waals surface area contributed by atoms with Gasteiger partial charge in [0.2, 0.25) is 0 Å². The van der Waals surface area contributed by atoms with Crippen LogP contribution in [0.4, 0.5) is 4.79 Å². The largest absolute Gasteiger partial charge is 0.496 e. The van der Waals surface area contributed by atoms with Gasteiger partial charge in [-0.1, -0.05) is 44.4 Å². The molecule has 5 nitrogen and oxygen atoms in total. The first-order valence-corrected chi connectivity index (χ1v) is 8.41. The number of aliphatic hydroxyl groups is 1. The molecule has 1 aliphatic rings. The lowest BCUT2D eigenvalue weighted by Crippen LogP contribution is -2.47. The molecule has 1 aromatic carbocycles. The van der Waals surface area contributed by atoms with Crippen molar-refractivity contribution in [1.82, 2.24) is 10.6 Å². The summed E-state index contributed by atoms with van der Waals surface area (Å²) in [7, 11) is 1.65. The molecule has 1 aromatic rings. The molecular weight excluding hydrogens is 292 g/mol. The van der Waals surface area contributed by atoms with Crippen molar-refractivity contribution >= 4 is 6.03 Å². The van der Waals surface area contributed by atoms with Crippen molar-refractivity contribution in [3.8, 4) is 5.75 Å². The lowest BCUT2D eigenvalue weighted by molar-refractivity contribution is 0.00720. The standard InChI is InChI=1S/C18H28N2O3/c1-14(15-8-4-5-9-16(15)23-2)12-19-17(21)20-13-18(22)10-6-3-7-11-18/h4-5,8-9,14,22H,3,6-7,10-13H2,1-2H3,(H2,19,20,21). The lowest BCUT2D eigenvalue weighted by atomic mass is 9.85. The van der Waals surface area contributed by atoms with E-state index in [2.05, 4.69) is 10.6 Å². The Balaban J connectivity index is 1.77. The van der Waals surface area contributed by atoms with Crippen LogP contribution in [0.5, 0.6) is 5.75 Å². The molecule has 1 saturated carbocycles. The minimum atomic E-state index is -0.732. The van der Waals surface area contributed by atoms with Gasteiger partial charge in [0.15, 0.2) is 0 Å². The fourth-order valence-corrected chi connectivity index (χ4v) is 3.12. The molecule has 0 saturated heterocycles. The molecule has 2 rings (SSSR count). The highest BCUT2D eigenvalue weighted by Gasteiger charge is 2.29. The van der Waals surface area contributed by atoms with Crippen molar-refractivity contribution in [2.24, 2.45) is 0 Å². The van der Waals surface area contributed by atoms with E-state index in [-0.39, 0.29) is 11.9 Å². The molecule has 3 N–H and O–H groups in total. The van der Waals surface area contributed by atoms with Gasteiger partial charge < -0.3 is 20.5 Å². The number of methoxy groups -OCH3 is 1. The molecule has 0 spiro atoms. The Kier molecular flexibility index (Phi) is 6.28. The summed E-state index contributed by atoms with van der Waals surface area (Å²) < 4.78 is 5.35. The van der Waals surface area contributed by atoms with E-state index in [4.69, 9.17) is 4.74 Å². The Morgan fingerprint density at radius 3 is 2.65 bits per heavy atom. The topological polar surface area (TPSA) is 70.6 Å². The first-order chi connectivity index (χ1) is 11.0. The van der Waals surface area contributed by atoms with E-state index in [1.165, 1.54) is 6.42 Å². The Morgan fingerprint density at radius 2 is 1.96 bits per heavy atom. The van der Waals surface area contributed by atoms with Crippen LogP contribution in [0.15, 0.2) is 24.3 Å². The monoisotopic (exact) mass is 320 g/mol. The Morgan fingerprint density at radius 1 is 1.26 bits per heavy atom. The summed E-state index contributed by atoms with van der Waals surface area (Å²) in [4.78, 5) is 12.0. The van der Waals surface area contributed by atoms with Gasteiger partial charge in [-0.3, -0.25) is 0 Å². The van der Waals surface area contributed by atoms with Crippen LogP contribution in [-0.2, 0) is 0 Å². The van der Waals surface area contributed by atoms with Gasteiger partial charge in [-0.2, -0.15) is 0 Å². The Labute approximate surface area is 138 Å². The molecule has 1 aliphatic carbocycles. The molecule has 0 radical (unpaired) electrons. The molecule has 0 aliphatic heterocycles. The van der Waals surface area contributed by atoms with Gasteiger partial charge in [-0.15, -0.1) is 0 Å². The summed E-state index contributed by atoms with van der Waals surface area (Å²) in [6.45, 7) is 2.89. The fourth-order valence-electron chi connectivity index (χ4n) is 3.12. The summed E-state index contributed by atoms with van der Waals surface area (Å²) >= 11 is 0. The molecule has 128 valence electrons. The van der Waals surface area contributed by atoms with E-state index >= 15 is 0 Å².